The summed E-state index contributed by atoms with van der Waals surface area (Å²) in [6, 6.07) is 0. The molecular formula is C11H15N3OS. The van der Waals surface area contributed by atoms with Gasteiger partial charge in [-0.2, -0.15) is 11.8 Å². The molecule has 86 valence electrons. The molecule has 0 aliphatic carbocycles. The number of nitrogens with zero attached hydrogens (tertiary/aromatic N) is 1. The molecule has 0 bridgehead atoms. The average Bonchev–Trinajstić information content (AvgIpc) is 2.79. The second kappa shape index (κ2) is 4.22. The molecule has 5 heteroatoms. The summed E-state index contributed by atoms with van der Waals surface area (Å²) in [5.74, 6) is 2.99. The highest BCUT2D eigenvalue weighted by Gasteiger charge is 2.22. The summed E-state index contributed by atoms with van der Waals surface area (Å²) in [5.41, 5.74) is 1.97. The van der Waals surface area contributed by atoms with Gasteiger partial charge in [-0.1, -0.05) is 0 Å². The molecule has 0 aromatic carbocycles. The zero-order valence-electron chi connectivity index (χ0n) is 9.08. The molecule has 1 atom stereocenters. The number of aromatic nitrogens is 2. The van der Waals surface area contributed by atoms with Crippen molar-refractivity contribution in [3.8, 4) is 0 Å². The first-order valence-corrected chi connectivity index (χ1v) is 6.90. The summed E-state index contributed by atoms with van der Waals surface area (Å²) < 4.78 is 0. The second-order valence-electron chi connectivity index (χ2n) is 4.41. The molecule has 4 nitrogen and oxygen atoms in total. The normalized spacial score (nSPS) is 24.4. The summed E-state index contributed by atoms with van der Waals surface area (Å²) in [5, 5.41) is 3.35. The van der Waals surface area contributed by atoms with E-state index in [1.807, 2.05) is 0 Å². The molecule has 3 heterocycles. The first-order valence-electron chi connectivity index (χ1n) is 5.75. The maximum atomic E-state index is 11.8. The molecule has 1 aromatic heterocycles. The van der Waals surface area contributed by atoms with Crippen molar-refractivity contribution in [2.45, 2.75) is 30.3 Å². The van der Waals surface area contributed by atoms with Crippen LogP contribution in [-0.2, 0) is 11.5 Å². The van der Waals surface area contributed by atoms with Crippen molar-refractivity contribution in [3.63, 3.8) is 0 Å². The fourth-order valence-electron chi connectivity index (χ4n) is 2.36. The SMILES string of the molecule is O=c1[nH]c(C2CCCNC2)nc2c1CSC2. The van der Waals surface area contributed by atoms with Crippen molar-refractivity contribution in [3.05, 3.63) is 27.4 Å². The predicted octanol–water partition coefficient (Wildman–Crippen LogP) is 0.984. The Balaban J connectivity index is 1.96. The molecule has 0 saturated carbocycles. The van der Waals surface area contributed by atoms with Gasteiger partial charge in [-0.25, -0.2) is 4.98 Å². The van der Waals surface area contributed by atoms with Crippen LogP contribution in [0.15, 0.2) is 4.79 Å². The zero-order valence-corrected chi connectivity index (χ0v) is 9.90. The van der Waals surface area contributed by atoms with Crippen molar-refractivity contribution in [2.24, 2.45) is 0 Å². The molecule has 0 spiro atoms. The molecule has 0 radical (unpaired) electrons. The van der Waals surface area contributed by atoms with Crippen LogP contribution in [0, 0.1) is 0 Å². The molecule has 1 aromatic rings. The van der Waals surface area contributed by atoms with E-state index in [1.165, 1.54) is 6.42 Å². The Morgan fingerprint density at radius 1 is 1.38 bits per heavy atom. The highest BCUT2D eigenvalue weighted by Crippen LogP contribution is 2.27. The number of hydrogen-bond donors (Lipinski definition) is 2. The highest BCUT2D eigenvalue weighted by molar-refractivity contribution is 7.98. The van der Waals surface area contributed by atoms with Crippen LogP contribution in [0.1, 0.15) is 35.8 Å². The van der Waals surface area contributed by atoms with E-state index in [9.17, 15) is 4.79 Å². The lowest BCUT2D eigenvalue weighted by Crippen LogP contribution is -2.31. The highest BCUT2D eigenvalue weighted by atomic mass is 32.2. The zero-order chi connectivity index (χ0) is 11.0. The lowest BCUT2D eigenvalue weighted by atomic mass is 9.98. The number of hydrogen-bond acceptors (Lipinski definition) is 4. The number of fused-ring (bicyclic) bond motifs is 1. The monoisotopic (exact) mass is 237 g/mol. The van der Waals surface area contributed by atoms with Gasteiger partial charge in [0.2, 0.25) is 0 Å². The van der Waals surface area contributed by atoms with Gasteiger partial charge in [-0.05, 0) is 19.4 Å². The molecular weight excluding hydrogens is 222 g/mol. The van der Waals surface area contributed by atoms with E-state index in [-0.39, 0.29) is 5.56 Å². The Morgan fingerprint density at radius 3 is 3.12 bits per heavy atom. The van der Waals surface area contributed by atoms with E-state index in [1.54, 1.807) is 11.8 Å². The molecule has 16 heavy (non-hydrogen) atoms. The minimum Gasteiger partial charge on any atom is -0.316 e. The van der Waals surface area contributed by atoms with Gasteiger partial charge >= 0.3 is 0 Å². The van der Waals surface area contributed by atoms with Crippen LogP contribution in [0.3, 0.4) is 0 Å². The number of H-pyrrole nitrogens is 1. The Labute approximate surface area is 98.2 Å². The molecule has 2 aliphatic heterocycles. The van der Waals surface area contributed by atoms with Gasteiger partial charge in [0.05, 0.1) is 5.69 Å². The maximum absolute atomic E-state index is 11.8. The summed E-state index contributed by atoms with van der Waals surface area (Å²) in [7, 11) is 0. The van der Waals surface area contributed by atoms with Gasteiger partial charge in [0, 0.05) is 29.5 Å². The van der Waals surface area contributed by atoms with Gasteiger partial charge < -0.3 is 10.3 Å². The molecule has 1 unspecified atom stereocenters. The largest absolute Gasteiger partial charge is 0.316 e. The smallest absolute Gasteiger partial charge is 0.255 e. The van der Waals surface area contributed by atoms with Crippen molar-refractivity contribution in [1.82, 2.24) is 15.3 Å². The summed E-state index contributed by atoms with van der Waals surface area (Å²) >= 11 is 1.77. The summed E-state index contributed by atoms with van der Waals surface area (Å²) in [6.45, 7) is 2.02. The number of aromatic amines is 1. The topological polar surface area (TPSA) is 57.8 Å². The standard InChI is InChI=1S/C11H15N3OS/c15-11-8-5-16-6-9(8)13-10(14-11)7-2-1-3-12-4-7/h7,12H,1-6H2,(H,13,14,15). The Morgan fingerprint density at radius 2 is 2.31 bits per heavy atom. The van der Waals surface area contributed by atoms with Gasteiger partial charge in [-0.15, -0.1) is 0 Å². The van der Waals surface area contributed by atoms with E-state index >= 15 is 0 Å². The summed E-state index contributed by atoms with van der Waals surface area (Å²) in [4.78, 5) is 19.4. The predicted molar refractivity (Wildman–Crippen MR) is 64.7 cm³/mol. The number of thioether (sulfide) groups is 1. The minimum absolute atomic E-state index is 0.0792. The van der Waals surface area contributed by atoms with Crippen LogP contribution >= 0.6 is 11.8 Å². The average molecular weight is 237 g/mol. The van der Waals surface area contributed by atoms with E-state index < -0.39 is 0 Å². The van der Waals surface area contributed by atoms with Gasteiger partial charge in [0.25, 0.3) is 5.56 Å². The molecule has 1 fully saturated rings. The first kappa shape index (κ1) is 10.4. The lowest BCUT2D eigenvalue weighted by molar-refractivity contribution is 0.445. The van der Waals surface area contributed by atoms with Gasteiger partial charge in [0.15, 0.2) is 0 Å². The van der Waals surface area contributed by atoms with Crippen LogP contribution in [-0.4, -0.2) is 23.1 Å². The number of rotatable bonds is 1. The fourth-order valence-corrected chi connectivity index (χ4v) is 3.40. The Kier molecular flexibility index (Phi) is 2.73. The van der Waals surface area contributed by atoms with Crippen molar-refractivity contribution >= 4 is 11.8 Å². The number of nitrogens with one attached hydrogen (secondary N) is 2. The van der Waals surface area contributed by atoms with E-state index in [0.29, 0.717) is 5.92 Å². The van der Waals surface area contributed by atoms with Crippen LogP contribution in [0.5, 0.6) is 0 Å². The fraction of sp³-hybridized carbons (Fsp3) is 0.636. The van der Waals surface area contributed by atoms with Crippen molar-refractivity contribution in [2.75, 3.05) is 13.1 Å². The van der Waals surface area contributed by atoms with E-state index in [0.717, 1.165) is 48.1 Å². The molecule has 1 saturated heterocycles. The summed E-state index contributed by atoms with van der Waals surface area (Å²) in [6.07, 6.45) is 2.29. The van der Waals surface area contributed by atoms with Gasteiger partial charge in [0.1, 0.15) is 5.82 Å². The minimum atomic E-state index is 0.0792. The van der Waals surface area contributed by atoms with Crippen LogP contribution < -0.4 is 10.9 Å². The third-order valence-electron chi connectivity index (χ3n) is 3.29. The van der Waals surface area contributed by atoms with E-state index in [2.05, 4.69) is 15.3 Å². The maximum Gasteiger partial charge on any atom is 0.255 e. The Bertz CT molecular complexity index is 451. The lowest BCUT2D eigenvalue weighted by Gasteiger charge is -2.22. The van der Waals surface area contributed by atoms with Crippen molar-refractivity contribution in [1.29, 1.82) is 0 Å². The van der Waals surface area contributed by atoms with Crippen LogP contribution in [0.4, 0.5) is 0 Å². The molecule has 3 rings (SSSR count). The Hall–Kier alpha value is -0.810. The molecule has 2 aliphatic rings. The molecule has 2 N–H and O–H groups in total. The van der Waals surface area contributed by atoms with Crippen molar-refractivity contribution < 1.29 is 0 Å². The second-order valence-corrected chi connectivity index (χ2v) is 5.40. The third kappa shape index (κ3) is 1.78. The van der Waals surface area contributed by atoms with Gasteiger partial charge in [-0.3, -0.25) is 4.79 Å². The molecule has 0 amide bonds. The number of piperidine rings is 1. The van der Waals surface area contributed by atoms with E-state index in [4.69, 9.17) is 0 Å². The third-order valence-corrected chi connectivity index (χ3v) is 4.26. The first-order chi connectivity index (χ1) is 7.84. The quantitative estimate of drug-likeness (QED) is 0.764. The van der Waals surface area contributed by atoms with Crippen LogP contribution in [0.25, 0.3) is 0 Å². The van der Waals surface area contributed by atoms with Crippen LogP contribution in [0.2, 0.25) is 0 Å².